The molecule has 0 radical (unpaired) electrons. The number of amides is 1. The Kier molecular flexibility index (Phi) is 5.74. The number of nitriles is 1. The van der Waals surface area contributed by atoms with Crippen molar-refractivity contribution in [3.8, 4) is 23.1 Å². The molecule has 3 aromatic rings. The smallest absolute Gasteiger partial charge is 0.273 e. The van der Waals surface area contributed by atoms with Gasteiger partial charge in [0.05, 0.1) is 21.6 Å². The minimum atomic E-state index is -0.861. The molecule has 11 heteroatoms. The van der Waals surface area contributed by atoms with Gasteiger partial charge in [0.25, 0.3) is 17.3 Å². The van der Waals surface area contributed by atoms with Gasteiger partial charge in [0.2, 0.25) is 0 Å². The van der Waals surface area contributed by atoms with Crippen LogP contribution in [-0.2, 0) is 4.79 Å². The Morgan fingerprint density at radius 1 is 1.03 bits per heavy atom. The number of aromatic hydroxyl groups is 1. The molecule has 0 saturated heterocycles. The van der Waals surface area contributed by atoms with Crippen molar-refractivity contribution >= 4 is 29.0 Å². The van der Waals surface area contributed by atoms with Crippen molar-refractivity contribution in [2.24, 2.45) is 0 Å². The molecule has 1 amide bonds. The summed E-state index contributed by atoms with van der Waals surface area (Å²) < 4.78 is 5.57. The average molecular weight is 420 g/mol. The van der Waals surface area contributed by atoms with Crippen LogP contribution in [0.15, 0.2) is 64.6 Å². The van der Waals surface area contributed by atoms with Crippen LogP contribution < -0.4 is 5.32 Å². The van der Waals surface area contributed by atoms with Gasteiger partial charge in [-0.2, -0.15) is 5.26 Å². The number of phenolic OH excluding ortho intramolecular Hbond substituents is 1. The number of hydrogen-bond acceptors (Lipinski definition) is 8. The van der Waals surface area contributed by atoms with Crippen molar-refractivity contribution in [2.75, 3.05) is 5.32 Å². The van der Waals surface area contributed by atoms with Crippen molar-refractivity contribution in [3.63, 3.8) is 0 Å². The molecule has 0 aliphatic carbocycles. The summed E-state index contributed by atoms with van der Waals surface area (Å²) in [7, 11) is 0. The number of rotatable bonds is 6. The van der Waals surface area contributed by atoms with Gasteiger partial charge in [-0.25, -0.2) is 0 Å². The summed E-state index contributed by atoms with van der Waals surface area (Å²) in [5.74, 6) is -0.849. The summed E-state index contributed by atoms with van der Waals surface area (Å²) in [4.78, 5) is 32.6. The second kappa shape index (κ2) is 8.58. The number of furan rings is 1. The predicted molar refractivity (Wildman–Crippen MR) is 108 cm³/mol. The molecular weight excluding hydrogens is 408 g/mol. The van der Waals surface area contributed by atoms with E-state index in [4.69, 9.17) is 4.42 Å². The van der Waals surface area contributed by atoms with E-state index in [-0.39, 0.29) is 28.4 Å². The van der Waals surface area contributed by atoms with E-state index in [1.807, 2.05) is 0 Å². The lowest BCUT2D eigenvalue weighted by Crippen LogP contribution is -2.13. The zero-order chi connectivity index (χ0) is 22.5. The van der Waals surface area contributed by atoms with Gasteiger partial charge in [-0.05, 0) is 30.3 Å². The number of carbonyl (C=O) groups excluding carboxylic acids is 1. The Hall–Kier alpha value is -4.98. The molecule has 154 valence electrons. The van der Waals surface area contributed by atoms with Gasteiger partial charge >= 0.3 is 0 Å². The first-order chi connectivity index (χ1) is 14.8. The van der Waals surface area contributed by atoms with E-state index < -0.39 is 21.5 Å². The molecule has 0 aliphatic rings. The highest BCUT2D eigenvalue weighted by atomic mass is 16.6. The van der Waals surface area contributed by atoms with E-state index in [2.05, 4.69) is 5.32 Å². The molecule has 0 bridgehead atoms. The fourth-order valence-electron chi connectivity index (χ4n) is 2.55. The van der Waals surface area contributed by atoms with Crippen LogP contribution in [0.2, 0.25) is 0 Å². The third-order valence-corrected chi connectivity index (χ3v) is 4.08. The van der Waals surface area contributed by atoms with E-state index in [0.29, 0.717) is 11.3 Å². The van der Waals surface area contributed by atoms with Crippen molar-refractivity contribution in [2.45, 2.75) is 0 Å². The number of phenols is 1. The molecule has 0 spiro atoms. The number of nitrogens with one attached hydrogen (secondary N) is 1. The monoisotopic (exact) mass is 420 g/mol. The van der Waals surface area contributed by atoms with Crippen molar-refractivity contribution in [1.29, 1.82) is 5.26 Å². The van der Waals surface area contributed by atoms with Gasteiger partial charge in [-0.3, -0.25) is 25.0 Å². The fourth-order valence-corrected chi connectivity index (χ4v) is 2.55. The predicted octanol–water partition coefficient (Wildman–Crippen LogP) is 4.01. The third kappa shape index (κ3) is 4.72. The highest BCUT2D eigenvalue weighted by Crippen LogP contribution is 2.29. The average Bonchev–Trinajstić information content (AvgIpc) is 3.22. The van der Waals surface area contributed by atoms with Crippen LogP contribution in [-0.4, -0.2) is 20.9 Å². The maximum atomic E-state index is 12.3. The molecule has 11 nitrogen and oxygen atoms in total. The van der Waals surface area contributed by atoms with Gasteiger partial charge in [-0.15, -0.1) is 0 Å². The standard InChI is InChI=1S/C20H12N4O7/c21-11-13(20(26)22-17-7-5-15(24(29)30)10-18(17)25)9-16-6-8-19(31-16)12-1-3-14(4-2-12)23(27)28/h1-10,25H,(H,22,26)/b13-9+. The van der Waals surface area contributed by atoms with Gasteiger partial charge in [0.15, 0.2) is 0 Å². The normalized spacial score (nSPS) is 10.9. The lowest BCUT2D eigenvalue weighted by Gasteiger charge is -2.06. The Balaban J connectivity index is 1.79. The molecule has 0 fully saturated rings. The summed E-state index contributed by atoms with van der Waals surface area (Å²) in [5.41, 5.74) is -0.330. The minimum absolute atomic E-state index is 0.0756. The van der Waals surface area contributed by atoms with Crippen LogP contribution in [0, 0.1) is 31.6 Å². The number of anilines is 1. The zero-order valence-corrected chi connectivity index (χ0v) is 15.5. The minimum Gasteiger partial charge on any atom is -0.506 e. The topological polar surface area (TPSA) is 173 Å². The summed E-state index contributed by atoms with van der Waals surface area (Å²) >= 11 is 0. The zero-order valence-electron chi connectivity index (χ0n) is 15.5. The number of benzene rings is 2. The molecule has 2 N–H and O–H groups in total. The summed E-state index contributed by atoms with van der Waals surface area (Å²) in [5, 5.41) is 42.9. The quantitative estimate of drug-likeness (QED) is 0.198. The molecular formula is C20H12N4O7. The SMILES string of the molecule is N#C/C(=C\c1ccc(-c2ccc([N+](=O)[O-])cc2)o1)C(=O)Nc1ccc([N+](=O)[O-])cc1O. The number of carbonyl (C=O) groups is 1. The molecule has 1 heterocycles. The van der Waals surface area contributed by atoms with Crippen LogP contribution in [0.4, 0.5) is 17.1 Å². The second-order valence-electron chi connectivity index (χ2n) is 6.09. The lowest BCUT2D eigenvalue weighted by atomic mass is 10.1. The van der Waals surface area contributed by atoms with Crippen LogP contribution in [0.5, 0.6) is 5.75 Å². The first-order valence-electron chi connectivity index (χ1n) is 8.53. The van der Waals surface area contributed by atoms with E-state index in [0.717, 1.165) is 18.2 Å². The molecule has 3 rings (SSSR count). The fraction of sp³-hybridized carbons (Fsp3) is 0. The van der Waals surface area contributed by atoms with E-state index in [1.54, 1.807) is 12.1 Å². The number of nitro benzene ring substituents is 2. The summed E-state index contributed by atoms with van der Waals surface area (Å²) in [6, 6.07) is 13.5. The Labute approximate surface area is 173 Å². The van der Waals surface area contributed by atoms with Crippen molar-refractivity contribution < 1.29 is 24.2 Å². The Morgan fingerprint density at radius 2 is 1.68 bits per heavy atom. The highest BCUT2D eigenvalue weighted by Gasteiger charge is 2.16. The second-order valence-corrected chi connectivity index (χ2v) is 6.09. The number of hydrogen-bond donors (Lipinski definition) is 2. The maximum Gasteiger partial charge on any atom is 0.273 e. The van der Waals surface area contributed by atoms with Crippen LogP contribution >= 0.6 is 0 Å². The number of nitro groups is 2. The number of nitrogens with zero attached hydrogens (tertiary/aromatic N) is 3. The van der Waals surface area contributed by atoms with Gasteiger partial charge < -0.3 is 14.8 Å². The summed E-state index contributed by atoms with van der Waals surface area (Å²) in [6.45, 7) is 0. The van der Waals surface area contributed by atoms with Crippen molar-refractivity contribution in [1.82, 2.24) is 0 Å². The first-order valence-corrected chi connectivity index (χ1v) is 8.53. The molecule has 0 atom stereocenters. The molecule has 0 unspecified atom stereocenters. The maximum absolute atomic E-state index is 12.3. The Bertz CT molecular complexity index is 1250. The first kappa shape index (κ1) is 20.7. The van der Waals surface area contributed by atoms with Crippen LogP contribution in [0.1, 0.15) is 5.76 Å². The Morgan fingerprint density at radius 3 is 2.26 bits per heavy atom. The highest BCUT2D eigenvalue weighted by molar-refractivity contribution is 6.10. The molecule has 0 saturated carbocycles. The number of non-ortho nitro benzene ring substituents is 2. The summed E-state index contributed by atoms with van der Waals surface area (Å²) in [6.07, 6.45) is 1.17. The van der Waals surface area contributed by atoms with Gasteiger partial charge in [0.1, 0.15) is 28.9 Å². The molecule has 0 aliphatic heterocycles. The van der Waals surface area contributed by atoms with E-state index in [1.165, 1.54) is 36.4 Å². The molecule has 1 aromatic heterocycles. The lowest BCUT2D eigenvalue weighted by molar-refractivity contribution is -0.385. The van der Waals surface area contributed by atoms with E-state index in [9.17, 15) is 35.4 Å². The van der Waals surface area contributed by atoms with Gasteiger partial charge in [-0.1, -0.05) is 0 Å². The molecule has 2 aromatic carbocycles. The molecule has 31 heavy (non-hydrogen) atoms. The van der Waals surface area contributed by atoms with Crippen molar-refractivity contribution in [3.05, 3.63) is 86.2 Å². The van der Waals surface area contributed by atoms with Crippen LogP contribution in [0.25, 0.3) is 17.4 Å². The third-order valence-electron chi connectivity index (χ3n) is 4.08. The van der Waals surface area contributed by atoms with Gasteiger partial charge in [0, 0.05) is 29.8 Å². The largest absolute Gasteiger partial charge is 0.506 e. The van der Waals surface area contributed by atoms with E-state index >= 15 is 0 Å². The van der Waals surface area contributed by atoms with Crippen LogP contribution in [0.3, 0.4) is 0 Å².